The lowest BCUT2D eigenvalue weighted by molar-refractivity contribution is 0.932. The number of fused-ring (bicyclic) bond motifs is 11. The highest BCUT2D eigenvalue weighted by atomic mass is 15.0. The first-order valence-corrected chi connectivity index (χ1v) is 30.0. The minimum absolute atomic E-state index is 0.444. The van der Waals surface area contributed by atoms with Crippen LogP contribution in [-0.2, 0) is 6.42 Å². The number of aromatic nitrogens is 6. The second-order valence-corrected chi connectivity index (χ2v) is 22.7. The zero-order valence-corrected chi connectivity index (χ0v) is 47.9. The first-order chi connectivity index (χ1) is 43.7. The number of nitrogens with zero attached hydrogens (tertiary/aromatic N) is 6. The van der Waals surface area contributed by atoms with Crippen molar-refractivity contribution >= 4 is 65.4 Å². The van der Waals surface area contributed by atoms with Crippen LogP contribution < -0.4 is 0 Å². The normalized spacial score (nSPS) is 11.7. The summed E-state index contributed by atoms with van der Waals surface area (Å²) in [6.07, 6.45) is 0.444. The van der Waals surface area contributed by atoms with E-state index in [0.29, 0.717) is 23.9 Å². The Bertz CT molecular complexity index is 5360. The smallest absolute Gasteiger partial charge is 0.163 e. The fraction of sp³-hybridized carbons (Fsp3) is 0.0122. The van der Waals surface area contributed by atoms with Crippen molar-refractivity contribution in [3.8, 4) is 84.3 Å². The van der Waals surface area contributed by atoms with E-state index in [1.54, 1.807) is 0 Å². The molecule has 0 aliphatic heterocycles. The second-order valence-electron chi connectivity index (χ2n) is 22.7. The fourth-order valence-electron chi connectivity index (χ4n) is 13.6. The lowest BCUT2D eigenvalue weighted by Crippen LogP contribution is -2.06. The molecule has 6 nitrogen and oxygen atoms in total. The summed E-state index contributed by atoms with van der Waals surface area (Å²) in [5, 5.41) is 7.20. The molecule has 17 rings (SSSR count). The van der Waals surface area contributed by atoms with Gasteiger partial charge >= 0.3 is 0 Å². The summed E-state index contributed by atoms with van der Waals surface area (Å²) in [4.78, 5) is 16.1. The zero-order valence-electron chi connectivity index (χ0n) is 47.9. The van der Waals surface area contributed by atoms with Gasteiger partial charge in [0.05, 0.1) is 38.8 Å². The molecule has 0 atom stereocenters. The summed E-state index contributed by atoms with van der Waals surface area (Å²) in [5.74, 6) is 1.92. The Hall–Kier alpha value is -11.7. The van der Waals surface area contributed by atoms with Gasteiger partial charge in [-0.3, -0.25) is 0 Å². The largest absolute Gasteiger partial charge is 0.309 e. The highest BCUT2D eigenvalue weighted by molar-refractivity contribution is 6.31. The molecule has 0 N–H and O–H groups in total. The quantitative estimate of drug-likeness (QED) is 0.130. The highest BCUT2D eigenvalue weighted by Gasteiger charge is 2.27. The van der Waals surface area contributed by atoms with Gasteiger partial charge in [-0.1, -0.05) is 237 Å². The van der Waals surface area contributed by atoms with Crippen molar-refractivity contribution in [1.82, 2.24) is 28.7 Å². The molecule has 0 aliphatic rings. The van der Waals surface area contributed by atoms with Crippen LogP contribution in [0.3, 0.4) is 0 Å². The lowest BCUT2D eigenvalue weighted by Gasteiger charge is -2.21. The average Bonchev–Trinajstić information content (AvgIpc) is 1.59. The summed E-state index contributed by atoms with van der Waals surface area (Å²) >= 11 is 0. The second kappa shape index (κ2) is 21.1. The molecule has 412 valence electrons. The van der Waals surface area contributed by atoms with Gasteiger partial charge in [-0.15, -0.1) is 0 Å². The molecule has 0 radical (unpaired) electrons. The predicted octanol–water partition coefficient (Wildman–Crippen LogP) is 20.8. The maximum Gasteiger partial charge on any atom is 0.163 e. The summed E-state index contributed by atoms with van der Waals surface area (Å²) in [5.41, 5.74) is 22.0. The molecule has 17 aromatic rings. The third kappa shape index (κ3) is 8.52. The standard InChI is InChI=1S/C82H54N6/c1-8-26-55(27-9-1)60-51-61(56-28-10-2-11-29-56)53-62(52-60)82-84-75(83-81(85-82)59-34-16-5-17-35-59)50-54-48-69(57-30-12-3-13-31-57)78(70(49-54)58-32-14-4-15-33-58)88-72-43-25-23-41-68(72)77-74(88)47-45-66-65-44-46-73-76(79(65)87(80(66)77)64-38-20-7-21-39-64)67-40-22-24-42-71(67)86(73)63-36-18-6-19-37-63/h1-49,51-53H,50H2. The van der Waals surface area contributed by atoms with Gasteiger partial charge in [-0.05, 0) is 118 Å². The fourth-order valence-corrected chi connectivity index (χ4v) is 13.6. The van der Waals surface area contributed by atoms with E-state index in [1.807, 2.05) is 18.2 Å². The molecule has 0 aliphatic carbocycles. The molecular weight excluding hydrogens is 1070 g/mol. The Labute approximate surface area is 508 Å². The molecule has 0 amide bonds. The van der Waals surface area contributed by atoms with Crippen LogP contribution in [0.25, 0.3) is 150 Å². The van der Waals surface area contributed by atoms with Crippen LogP contribution in [0.15, 0.2) is 315 Å². The lowest BCUT2D eigenvalue weighted by atomic mass is 9.91. The van der Waals surface area contributed by atoms with Crippen molar-refractivity contribution in [2.75, 3.05) is 0 Å². The zero-order chi connectivity index (χ0) is 58.1. The predicted molar refractivity (Wildman–Crippen MR) is 365 cm³/mol. The molecule has 0 unspecified atom stereocenters. The Morgan fingerprint density at radius 1 is 0.250 bits per heavy atom. The van der Waals surface area contributed by atoms with E-state index in [2.05, 4.69) is 311 Å². The minimum atomic E-state index is 0.444. The summed E-state index contributed by atoms with van der Waals surface area (Å²) in [6, 6.07) is 114. The van der Waals surface area contributed by atoms with Crippen molar-refractivity contribution in [3.05, 3.63) is 327 Å². The maximum absolute atomic E-state index is 5.45. The van der Waals surface area contributed by atoms with Crippen LogP contribution in [0.5, 0.6) is 0 Å². The maximum atomic E-state index is 5.45. The third-order valence-electron chi connectivity index (χ3n) is 17.4. The molecule has 4 aromatic heterocycles. The van der Waals surface area contributed by atoms with Crippen LogP contribution in [0.2, 0.25) is 0 Å². The van der Waals surface area contributed by atoms with Crippen LogP contribution in [0.4, 0.5) is 0 Å². The minimum Gasteiger partial charge on any atom is -0.309 e. The van der Waals surface area contributed by atoms with Gasteiger partial charge in [0.1, 0.15) is 5.82 Å². The molecule has 0 saturated carbocycles. The van der Waals surface area contributed by atoms with Crippen molar-refractivity contribution in [2.24, 2.45) is 0 Å². The third-order valence-corrected chi connectivity index (χ3v) is 17.4. The van der Waals surface area contributed by atoms with Crippen LogP contribution >= 0.6 is 0 Å². The van der Waals surface area contributed by atoms with Gasteiger partial charge in [-0.2, -0.15) is 0 Å². The van der Waals surface area contributed by atoms with Crippen molar-refractivity contribution in [2.45, 2.75) is 6.42 Å². The Balaban J connectivity index is 0.923. The monoisotopic (exact) mass is 1120 g/mol. The molecule has 0 spiro atoms. The molecule has 0 bridgehead atoms. The molecule has 4 heterocycles. The molecule has 0 fully saturated rings. The highest BCUT2D eigenvalue weighted by Crippen LogP contribution is 2.49. The summed E-state index contributed by atoms with van der Waals surface area (Å²) in [6.45, 7) is 0. The van der Waals surface area contributed by atoms with E-state index < -0.39 is 0 Å². The van der Waals surface area contributed by atoms with E-state index in [1.165, 1.54) is 48.9 Å². The first kappa shape index (κ1) is 50.8. The number of para-hydroxylation sites is 4. The van der Waals surface area contributed by atoms with Crippen molar-refractivity contribution in [1.29, 1.82) is 0 Å². The number of hydrogen-bond acceptors (Lipinski definition) is 3. The Kier molecular flexibility index (Phi) is 12.2. The van der Waals surface area contributed by atoms with Crippen molar-refractivity contribution in [3.63, 3.8) is 0 Å². The molecular formula is C82H54N6. The molecule has 88 heavy (non-hydrogen) atoms. The van der Waals surface area contributed by atoms with E-state index in [9.17, 15) is 0 Å². The van der Waals surface area contributed by atoms with E-state index >= 15 is 0 Å². The van der Waals surface area contributed by atoms with Gasteiger partial charge in [-0.25, -0.2) is 15.0 Å². The van der Waals surface area contributed by atoms with Gasteiger partial charge in [0.25, 0.3) is 0 Å². The molecule has 0 saturated heterocycles. The van der Waals surface area contributed by atoms with E-state index in [0.717, 1.165) is 94.8 Å². The SMILES string of the molecule is c1ccc(-c2cc(-c3ccccc3)cc(-c3nc(Cc4cc(-c5ccccc5)c(-n5c6ccccc6c6c5ccc5c7ccc8c(c9ccccc9n8-c8ccccc8)c7n(-c7ccccc7)c56)c(-c5ccccc5)c4)nc(-c4ccccc4)n3)c2)cc1. The number of rotatable bonds is 11. The average molecular weight is 1120 g/mol. The number of benzene rings is 13. The van der Waals surface area contributed by atoms with E-state index in [-0.39, 0.29) is 0 Å². The first-order valence-electron chi connectivity index (χ1n) is 30.0. The topological polar surface area (TPSA) is 53.5 Å². The van der Waals surface area contributed by atoms with Gasteiger partial charge in [0, 0.05) is 72.4 Å². The van der Waals surface area contributed by atoms with Gasteiger partial charge in [0.2, 0.25) is 0 Å². The Morgan fingerprint density at radius 2 is 0.625 bits per heavy atom. The van der Waals surface area contributed by atoms with Crippen LogP contribution in [0, 0.1) is 0 Å². The molecule has 6 heteroatoms. The summed E-state index contributed by atoms with van der Waals surface area (Å²) < 4.78 is 7.52. The van der Waals surface area contributed by atoms with Crippen LogP contribution in [-0.4, -0.2) is 28.7 Å². The number of hydrogen-bond donors (Lipinski definition) is 0. The van der Waals surface area contributed by atoms with Gasteiger partial charge in [0.15, 0.2) is 11.6 Å². The van der Waals surface area contributed by atoms with Gasteiger partial charge < -0.3 is 13.7 Å². The van der Waals surface area contributed by atoms with Crippen molar-refractivity contribution < 1.29 is 0 Å². The summed E-state index contributed by atoms with van der Waals surface area (Å²) in [7, 11) is 0. The molecule has 13 aromatic carbocycles. The van der Waals surface area contributed by atoms with E-state index in [4.69, 9.17) is 15.0 Å². The Morgan fingerprint density at radius 3 is 1.11 bits per heavy atom. The van der Waals surface area contributed by atoms with Crippen LogP contribution in [0.1, 0.15) is 11.4 Å².